The zero-order valence-corrected chi connectivity index (χ0v) is 25.1. The quantitative estimate of drug-likeness (QED) is 0.174. The number of nitrogens with zero attached hydrogens (tertiary/aromatic N) is 1. The molecule has 0 unspecified atom stereocenters. The number of benzene rings is 2. The Kier molecular flexibility index (Phi) is 8.40. The average Bonchev–Trinajstić information content (AvgIpc) is 2.79. The Labute approximate surface area is 218 Å². The van der Waals surface area contributed by atoms with Crippen LogP contribution in [0, 0.1) is 0 Å². The molecule has 2 aromatic carbocycles. The molecule has 3 nitrogen and oxygen atoms in total. The van der Waals surface area contributed by atoms with Crippen LogP contribution in [0.15, 0.2) is 101 Å². The number of thioether (sulfide) groups is 1. The standard InChI is InChI=1S/C29H39NO2SSi2/c1-28(2,3)34(7,8)32-27(33-26-21-15-16-22-30-26)23-31-35(29(4,5)6,24-17-11-9-12-18-24)25-19-13-10-14-20-25/h9-23H,1-8H3/b27-23-. The number of pyridine rings is 1. The van der Waals surface area contributed by atoms with Crippen molar-refractivity contribution in [3.05, 3.63) is 96.4 Å². The molecule has 35 heavy (non-hydrogen) atoms. The van der Waals surface area contributed by atoms with Crippen LogP contribution in [-0.2, 0) is 8.85 Å². The van der Waals surface area contributed by atoms with E-state index in [0.717, 1.165) is 10.1 Å². The lowest BCUT2D eigenvalue weighted by atomic mass is 10.2. The van der Waals surface area contributed by atoms with E-state index in [1.807, 2.05) is 30.7 Å². The number of hydrogen-bond acceptors (Lipinski definition) is 4. The van der Waals surface area contributed by atoms with Crippen molar-refractivity contribution in [1.82, 2.24) is 4.98 Å². The highest BCUT2D eigenvalue weighted by atomic mass is 32.2. The van der Waals surface area contributed by atoms with Crippen molar-refractivity contribution >= 4 is 38.8 Å². The highest BCUT2D eigenvalue weighted by Crippen LogP contribution is 2.42. The third-order valence-corrected chi connectivity index (χ3v) is 17.0. The predicted octanol–water partition coefficient (Wildman–Crippen LogP) is 7.57. The lowest BCUT2D eigenvalue weighted by Crippen LogP contribution is -2.65. The first kappa shape index (κ1) is 27.3. The lowest BCUT2D eigenvalue weighted by molar-refractivity contribution is 0.375. The van der Waals surface area contributed by atoms with Crippen molar-refractivity contribution in [3.63, 3.8) is 0 Å². The Bertz CT molecular complexity index is 1070. The second-order valence-corrected chi connectivity index (χ2v) is 21.4. The van der Waals surface area contributed by atoms with Crippen molar-refractivity contribution < 1.29 is 8.85 Å². The maximum absolute atomic E-state index is 7.08. The Morgan fingerprint density at radius 3 is 1.69 bits per heavy atom. The summed E-state index contributed by atoms with van der Waals surface area (Å²) in [5, 5.41) is 4.08. The third kappa shape index (κ3) is 6.29. The van der Waals surface area contributed by atoms with E-state index in [0.29, 0.717) is 0 Å². The summed E-state index contributed by atoms with van der Waals surface area (Å²) in [6, 6.07) is 27.3. The molecule has 0 bridgehead atoms. The SMILES string of the molecule is CC(C)(C)[Si](C)(C)O/C(=C/O[Si](c1ccccc1)(c1ccccc1)C(C)(C)C)Sc1ccccn1. The van der Waals surface area contributed by atoms with Crippen LogP contribution < -0.4 is 10.4 Å². The zero-order valence-electron chi connectivity index (χ0n) is 22.3. The molecule has 0 aliphatic rings. The van der Waals surface area contributed by atoms with Crippen LogP contribution in [0.2, 0.25) is 23.2 Å². The van der Waals surface area contributed by atoms with Gasteiger partial charge in [0.1, 0.15) is 11.3 Å². The van der Waals surface area contributed by atoms with Gasteiger partial charge in [0.2, 0.25) is 0 Å². The molecular formula is C29H39NO2SSi2. The molecule has 0 spiro atoms. The van der Waals surface area contributed by atoms with E-state index < -0.39 is 16.6 Å². The average molecular weight is 522 g/mol. The third-order valence-electron chi connectivity index (χ3n) is 6.75. The van der Waals surface area contributed by atoms with Crippen molar-refractivity contribution in [2.24, 2.45) is 0 Å². The van der Waals surface area contributed by atoms with Gasteiger partial charge in [-0.15, -0.1) is 0 Å². The van der Waals surface area contributed by atoms with Crippen molar-refractivity contribution in [2.75, 3.05) is 0 Å². The summed E-state index contributed by atoms with van der Waals surface area (Å²) < 4.78 is 13.9. The van der Waals surface area contributed by atoms with Crippen LogP contribution in [0.3, 0.4) is 0 Å². The van der Waals surface area contributed by atoms with Gasteiger partial charge in [-0.05, 0) is 57.4 Å². The lowest BCUT2D eigenvalue weighted by Gasteiger charge is -2.42. The predicted molar refractivity (Wildman–Crippen MR) is 155 cm³/mol. The largest absolute Gasteiger partial charge is 0.537 e. The summed E-state index contributed by atoms with van der Waals surface area (Å²) in [6.07, 6.45) is 3.70. The van der Waals surface area contributed by atoms with E-state index in [9.17, 15) is 0 Å². The van der Waals surface area contributed by atoms with Crippen molar-refractivity contribution in [1.29, 1.82) is 0 Å². The van der Waals surface area contributed by atoms with Gasteiger partial charge in [-0.3, -0.25) is 0 Å². The molecule has 0 atom stereocenters. The molecule has 0 aliphatic heterocycles. The Morgan fingerprint density at radius 2 is 1.26 bits per heavy atom. The normalized spacial score (nSPS) is 13.4. The van der Waals surface area contributed by atoms with Crippen LogP contribution in [0.5, 0.6) is 0 Å². The zero-order chi connectivity index (χ0) is 25.7. The van der Waals surface area contributed by atoms with E-state index >= 15 is 0 Å². The fourth-order valence-corrected chi connectivity index (χ4v) is 10.4. The van der Waals surface area contributed by atoms with E-state index in [2.05, 4.69) is 120 Å². The Hall–Kier alpha value is -2.29. The number of hydrogen-bond donors (Lipinski definition) is 0. The van der Waals surface area contributed by atoms with Crippen LogP contribution in [0.4, 0.5) is 0 Å². The Balaban J connectivity index is 2.15. The summed E-state index contributed by atoms with van der Waals surface area (Å²) in [4.78, 5) is 4.53. The molecular weight excluding hydrogens is 483 g/mol. The van der Waals surface area contributed by atoms with Gasteiger partial charge >= 0.3 is 8.32 Å². The Morgan fingerprint density at radius 1 is 0.743 bits per heavy atom. The van der Waals surface area contributed by atoms with E-state index in [-0.39, 0.29) is 10.1 Å². The first-order chi connectivity index (χ1) is 16.4. The van der Waals surface area contributed by atoms with Gasteiger partial charge in [-0.2, -0.15) is 0 Å². The van der Waals surface area contributed by atoms with Gasteiger partial charge in [0.15, 0.2) is 5.09 Å². The number of aromatic nitrogens is 1. The highest BCUT2D eigenvalue weighted by molar-refractivity contribution is 8.02. The molecule has 0 saturated heterocycles. The molecule has 1 heterocycles. The topological polar surface area (TPSA) is 31.4 Å². The van der Waals surface area contributed by atoms with Gasteiger partial charge in [-0.1, -0.05) is 108 Å². The molecule has 0 fully saturated rings. The van der Waals surface area contributed by atoms with Crippen LogP contribution in [0.1, 0.15) is 41.5 Å². The first-order valence-corrected chi connectivity index (χ1v) is 17.8. The van der Waals surface area contributed by atoms with Crippen LogP contribution in [-0.4, -0.2) is 21.6 Å². The minimum atomic E-state index is -2.73. The molecule has 3 rings (SSSR count). The number of rotatable bonds is 8. The van der Waals surface area contributed by atoms with Gasteiger partial charge in [0.25, 0.3) is 8.32 Å². The van der Waals surface area contributed by atoms with E-state index in [1.54, 1.807) is 0 Å². The molecule has 1 aromatic heterocycles. The second-order valence-electron chi connectivity index (χ2n) is 11.4. The summed E-state index contributed by atoms with van der Waals surface area (Å²) in [5.41, 5.74) is 0. The molecule has 0 saturated carbocycles. The summed E-state index contributed by atoms with van der Waals surface area (Å²) in [7, 11) is -4.83. The monoisotopic (exact) mass is 521 g/mol. The van der Waals surface area contributed by atoms with Crippen molar-refractivity contribution in [2.45, 2.75) is 69.7 Å². The van der Waals surface area contributed by atoms with E-state index in [1.165, 1.54) is 22.1 Å². The molecule has 0 radical (unpaired) electrons. The highest BCUT2D eigenvalue weighted by Gasteiger charge is 2.51. The van der Waals surface area contributed by atoms with E-state index in [4.69, 9.17) is 8.85 Å². The minimum absolute atomic E-state index is 0.0637. The molecule has 3 aromatic rings. The maximum Gasteiger partial charge on any atom is 0.319 e. The van der Waals surface area contributed by atoms with Gasteiger partial charge in [0.05, 0.1) is 0 Å². The summed E-state index contributed by atoms with van der Waals surface area (Å²) in [6.45, 7) is 18.2. The first-order valence-electron chi connectivity index (χ1n) is 12.1. The van der Waals surface area contributed by atoms with Gasteiger partial charge in [0, 0.05) is 6.20 Å². The maximum atomic E-state index is 7.08. The fourth-order valence-electron chi connectivity index (χ4n) is 3.81. The van der Waals surface area contributed by atoms with Gasteiger partial charge in [-0.25, -0.2) is 4.98 Å². The molecule has 0 aliphatic carbocycles. The minimum Gasteiger partial charge on any atom is -0.537 e. The summed E-state index contributed by atoms with van der Waals surface area (Å²) >= 11 is 1.53. The molecule has 6 heteroatoms. The fraction of sp³-hybridized carbons (Fsp3) is 0.345. The molecule has 0 N–H and O–H groups in total. The summed E-state index contributed by atoms with van der Waals surface area (Å²) in [5.74, 6) is 0. The van der Waals surface area contributed by atoms with Crippen molar-refractivity contribution in [3.8, 4) is 0 Å². The molecule has 186 valence electrons. The molecule has 0 amide bonds. The van der Waals surface area contributed by atoms with Crippen LogP contribution in [0.25, 0.3) is 0 Å². The van der Waals surface area contributed by atoms with Crippen LogP contribution >= 0.6 is 11.8 Å². The second kappa shape index (κ2) is 10.8. The van der Waals surface area contributed by atoms with Gasteiger partial charge < -0.3 is 8.85 Å². The smallest absolute Gasteiger partial charge is 0.319 e.